The van der Waals surface area contributed by atoms with Crippen LogP contribution in [0.15, 0.2) is 6.07 Å². The fourth-order valence-corrected chi connectivity index (χ4v) is 4.54. The minimum atomic E-state index is 0.501. The minimum absolute atomic E-state index is 0.501. The van der Waals surface area contributed by atoms with Crippen LogP contribution in [0, 0.1) is 12.8 Å². The van der Waals surface area contributed by atoms with Crippen LogP contribution >= 0.6 is 38.9 Å². The van der Waals surface area contributed by atoms with E-state index in [1.54, 1.807) is 11.3 Å². The normalized spacial score (nSPS) is 19.5. The Morgan fingerprint density at radius 3 is 2.71 bits per heavy atom. The van der Waals surface area contributed by atoms with E-state index in [-0.39, 0.29) is 0 Å². The molecule has 3 heteroatoms. The molecule has 0 N–H and O–H groups in total. The van der Waals surface area contributed by atoms with Crippen LogP contribution in [0.5, 0.6) is 0 Å². The molecule has 0 radical (unpaired) electrons. The third-order valence-electron chi connectivity index (χ3n) is 3.74. The number of hydrogen-bond donors (Lipinski definition) is 0. The van der Waals surface area contributed by atoms with Crippen LogP contribution < -0.4 is 0 Å². The Balaban J connectivity index is 1.82. The standard InChI is InChI=1S/C14H20BrClS/c1-10-9-13(17-14(10)16)12(15)8-7-11-5-3-2-4-6-11/h9,11-12H,2-8H2,1H3. The first-order chi connectivity index (χ1) is 8.16. The lowest BCUT2D eigenvalue weighted by Gasteiger charge is -2.22. The topological polar surface area (TPSA) is 0 Å². The van der Waals surface area contributed by atoms with Gasteiger partial charge in [0.1, 0.15) is 0 Å². The Hall–Kier alpha value is 0.470. The second kappa shape index (κ2) is 6.58. The van der Waals surface area contributed by atoms with E-state index >= 15 is 0 Å². The molecule has 96 valence electrons. The Labute approximate surface area is 122 Å². The Morgan fingerprint density at radius 1 is 1.41 bits per heavy atom. The van der Waals surface area contributed by atoms with Gasteiger partial charge in [-0.05, 0) is 37.3 Å². The number of alkyl halides is 1. The molecule has 1 aliphatic carbocycles. The molecule has 1 aromatic rings. The summed E-state index contributed by atoms with van der Waals surface area (Å²) >= 11 is 11.7. The molecule has 0 amide bonds. The summed E-state index contributed by atoms with van der Waals surface area (Å²) in [6.07, 6.45) is 9.86. The van der Waals surface area contributed by atoms with Gasteiger partial charge in [-0.3, -0.25) is 0 Å². The van der Waals surface area contributed by atoms with Crippen molar-refractivity contribution in [3.05, 3.63) is 20.8 Å². The second-order valence-electron chi connectivity index (χ2n) is 5.15. The summed E-state index contributed by atoms with van der Waals surface area (Å²) in [6, 6.07) is 2.23. The summed E-state index contributed by atoms with van der Waals surface area (Å²) in [5, 5.41) is 0. The van der Waals surface area contributed by atoms with Crippen molar-refractivity contribution < 1.29 is 0 Å². The highest BCUT2D eigenvalue weighted by Gasteiger charge is 2.17. The van der Waals surface area contributed by atoms with Crippen molar-refractivity contribution in [3.63, 3.8) is 0 Å². The average Bonchev–Trinajstić information content (AvgIpc) is 2.68. The molecule has 1 heterocycles. The second-order valence-corrected chi connectivity index (χ2v) is 7.95. The summed E-state index contributed by atoms with van der Waals surface area (Å²) in [7, 11) is 0. The number of thiophene rings is 1. The fourth-order valence-electron chi connectivity index (χ4n) is 2.64. The van der Waals surface area contributed by atoms with Gasteiger partial charge in [0.05, 0.1) is 4.34 Å². The molecule has 2 rings (SSSR count). The summed E-state index contributed by atoms with van der Waals surface area (Å²) in [5.41, 5.74) is 1.22. The van der Waals surface area contributed by atoms with Crippen molar-refractivity contribution in [2.75, 3.05) is 0 Å². The van der Waals surface area contributed by atoms with Gasteiger partial charge in [-0.25, -0.2) is 0 Å². The predicted molar refractivity (Wildman–Crippen MR) is 81.5 cm³/mol. The zero-order valence-corrected chi connectivity index (χ0v) is 13.5. The summed E-state index contributed by atoms with van der Waals surface area (Å²) < 4.78 is 0.946. The molecule has 17 heavy (non-hydrogen) atoms. The molecule has 1 fully saturated rings. The average molecular weight is 336 g/mol. The van der Waals surface area contributed by atoms with Crippen LogP contribution in [0.1, 0.15) is 60.2 Å². The third-order valence-corrected chi connectivity index (χ3v) is 6.66. The molecule has 0 aromatic carbocycles. The van der Waals surface area contributed by atoms with Crippen LogP contribution in [0.3, 0.4) is 0 Å². The summed E-state index contributed by atoms with van der Waals surface area (Å²) in [5.74, 6) is 0.973. The SMILES string of the molecule is Cc1cc(C(Br)CCC2CCCCC2)sc1Cl. The lowest BCUT2D eigenvalue weighted by Crippen LogP contribution is -2.06. The van der Waals surface area contributed by atoms with Gasteiger partial charge in [0.25, 0.3) is 0 Å². The van der Waals surface area contributed by atoms with Gasteiger partial charge in [0, 0.05) is 9.70 Å². The van der Waals surface area contributed by atoms with Crippen LogP contribution in [0.4, 0.5) is 0 Å². The first-order valence-corrected chi connectivity index (χ1v) is 8.67. The number of hydrogen-bond acceptors (Lipinski definition) is 1. The molecule has 1 aliphatic rings. The first kappa shape index (κ1) is 13.9. The van der Waals surface area contributed by atoms with Crippen LogP contribution in [-0.2, 0) is 0 Å². The highest BCUT2D eigenvalue weighted by molar-refractivity contribution is 9.09. The van der Waals surface area contributed by atoms with Crippen molar-refractivity contribution >= 4 is 38.9 Å². The van der Waals surface area contributed by atoms with E-state index in [0.717, 1.165) is 10.3 Å². The van der Waals surface area contributed by atoms with Crippen LogP contribution in [0.2, 0.25) is 4.34 Å². The number of aryl methyl sites for hydroxylation is 1. The molecule has 0 saturated heterocycles. The fraction of sp³-hybridized carbons (Fsp3) is 0.714. The maximum absolute atomic E-state index is 6.12. The largest absolute Gasteiger partial charge is 0.127 e. The Bertz CT molecular complexity index is 336. The first-order valence-electron chi connectivity index (χ1n) is 6.56. The zero-order chi connectivity index (χ0) is 12.3. The van der Waals surface area contributed by atoms with Gasteiger partial charge in [-0.2, -0.15) is 0 Å². The summed E-state index contributed by atoms with van der Waals surface area (Å²) in [6.45, 7) is 2.09. The van der Waals surface area contributed by atoms with Gasteiger partial charge in [-0.1, -0.05) is 59.6 Å². The molecule has 1 saturated carbocycles. The quantitative estimate of drug-likeness (QED) is 0.550. The van der Waals surface area contributed by atoms with Gasteiger partial charge in [-0.15, -0.1) is 11.3 Å². The van der Waals surface area contributed by atoms with E-state index in [9.17, 15) is 0 Å². The smallest absolute Gasteiger partial charge is 0.0960 e. The zero-order valence-electron chi connectivity index (χ0n) is 10.3. The van der Waals surface area contributed by atoms with Gasteiger partial charge in [0.2, 0.25) is 0 Å². The van der Waals surface area contributed by atoms with Crippen molar-refractivity contribution in [1.29, 1.82) is 0 Å². The monoisotopic (exact) mass is 334 g/mol. The van der Waals surface area contributed by atoms with Gasteiger partial charge >= 0.3 is 0 Å². The lowest BCUT2D eigenvalue weighted by molar-refractivity contribution is 0.332. The van der Waals surface area contributed by atoms with E-state index in [0.29, 0.717) is 4.83 Å². The van der Waals surface area contributed by atoms with E-state index in [1.807, 2.05) is 0 Å². The van der Waals surface area contributed by atoms with Crippen molar-refractivity contribution in [3.8, 4) is 0 Å². The number of rotatable bonds is 4. The molecular formula is C14H20BrClS. The summed E-state index contributed by atoms with van der Waals surface area (Å²) in [4.78, 5) is 1.89. The van der Waals surface area contributed by atoms with E-state index in [1.165, 1.54) is 55.4 Å². The van der Waals surface area contributed by atoms with Crippen LogP contribution in [0.25, 0.3) is 0 Å². The molecule has 1 atom stereocenters. The highest BCUT2D eigenvalue weighted by Crippen LogP contribution is 2.39. The predicted octanol–water partition coefficient (Wildman–Crippen LogP) is 6.51. The highest BCUT2D eigenvalue weighted by atomic mass is 79.9. The third kappa shape index (κ3) is 3.97. The van der Waals surface area contributed by atoms with E-state index in [4.69, 9.17) is 11.6 Å². The molecule has 0 nitrogen and oxygen atoms in total. The lowest BCUT2D eigenvalue weighted by atomic mass is 9.86. The maximum Gasteiger partial charge on any atom is 0.0960 e. The van der Waals surface area contributed by atoms with Crippen molar-refractivity contribution in [2.24, 2.45) is 5.92 Å². The molecule has 1 aromatic heterocycles. The minimum Gasteiger partial charge on any atom is -0.127 e. The number of halogens is 2. The Morgan fingerprint density at radius 2 is 2.12 bits per heavy atom. The van der Waals surface area contributed by atoms with Gasteiger partial charge < -0.3 is 0 Å². The molecule has 1 unspecified atom stereocenters. The van der Waals surface area contributed by atoms with E-state index in [2.05, 4.69) is 28.9 Å². The molecule has 0 spiro atoms. The van der Waals surface area contributed by atoms with Crippen molar-refractivity contribution in [2.45, 2.75) is 56.7 Å². The van der Waals surface area contributed by atoms with Crippen LogP contribution in [-0.4, -0.2) is 0 Å². The molecule has 0 bridgehead atoms. The van der Waals surface area contributed by atoms with Crippen molar-refractivity contribution in [1.82, 2.24) is 0 Å². The Kier molecular flexibility index (Phi) is 5.38. The van der Waals surface area contributed by atoms with E-state index < -0.39 is 0 Å². The molecular weight excluding hydrogens is 316 g/mol. The maximum atomic E-state index is 6.12. The van der Waals surface area contributed by atoms with Gasteiger partial charge in [0.15, 0.2) is 0 Å². The molecule has 0 aliphatic heterocycles.